The number of pyridine rings is 1. The monoisotopic (exact) mass is 268 g/mol. The van der Waals surface area contributed by atoms with Gasteiger partial charge in [-0.15, -0.1) is 0 Å². The molecule has 0 N–H and O–H groups in total. The van der Waals surface area contributed by atoms with Gasteiger partial charge in [0.15, 0.2) is 0 Å². The topological polar surface area (TPSA) is 29.3 Å². The van der Waals surface area contributed by atoms with Crippen LogP contribution in [0.15, 0.2) is 34.7 Å². The Balaban J connectivity index is 2.14. The van der Waals surface area contributed by atoms with Crippen LogP contribution in [0.1, 0.15) is 25.3 Å². The molecule has 0 amide bonds. The van der Waals surface area contributed by atoms with Gasteiger partial charge in [0, 0.05) is 16.5 Å². The van der Waals surface area contributed by atoms with Gasteiger partial charge in [-0.05, 0) is 38.2 Å². The number of rotatable bonds is 4. The van der Waals surface area contributed by atoms with E-state index in [0.29, 0.717) is 0 Å². The van der Waals surface area contributed by atoms with Crippen LogP contribution in [0.25, 0.3) is 21.9 Å². The van der Waals surface area contributed by atoms with Crippen molar-refractivity contribution in [1.82, 2.24) is 9.88 Å². The predicted octanol–water partition coefficient (Wildman–Crippen LogP) is 4.13. The van der Waals surface area contributed by atoms with Crippen LogP contribution in [-0.4, -0.2) is 23.0 Å². The lowest BCUT2D eigenvalue weighted by Crippen LogP contribution is -2.21. The summed E-state index contributed by atoms with van der Waals surface area (Å²) in [6, 6.07) is 10.3. The Kier molecular flexibility index (Phi) is 3.45. The molecule has 104 valence electrons. The van der Waals surface area contributed by atoms with Crippen molar-refractivity contribution < 1.29 is 4.42 Å². The second-order valence-corrected chi connectivity index (χ2v) is 5.13. The average molecular weight is 268 g/mol. The second kappa shape index (κ2) is 5.25. The van der Waals surface area contributed by atoms with E-state index in [1.165, 1.54) is 0 Å². The molecule has 1 aromatic carbocycles. The Morgan fingerprint density at radius 1 is 1.10 bits per heavy atom. The van der Waals surface area contributed by atoms with Gasteiger partial charge in [-0.2, -0.15) is 0 Å². The second-order valence-electron chi connectivity index (χ2n) is 5.13. The van der Waals surface area contributed by atoms with E-state index in [-0.39, 0.29) is 0 Å². The number of hydrogen-bond donors (Lipinski definition) is 0. The maximum absolute atomic E-state index is 6.11. The minimum Gasteiger partial charge on any atom is -0.459 e. The van der Waals surface area contributed by atoms with Gasteiger partial charge in [0.25, 0.3) is 0 Å². The fourth-order valence-electron chi connectivity index (χ4n) is 2.66. The Bertz CT molecular complexity index is 741. The normalized spacial score (nSPS) is 11.8. The fraction of sp³-hybridized carbons (Fsp3) is 0.353. The van der Waals surface area contributed by atoms with E-state index >= 15 is 0 Å². The van der Waals surface area contributed by atoms with Crippen molar-refractivity contribution >= 4 is 21.9 Å². The van der Waals surface area contributed by atoms with Crippen LogP contribution in [0.5, 0.6) is 0 Å². The van der Waals surface area contributed by atoms with E-state index in [1.807, 2.05) is 25.1 Å². The number of hydrogen-bond acceptors (Lipinski definition) is 3. The molecule has 0 aliphatic rings. The number of para-hydroxylation sites is 1. The summed E-state index contributed by atoms with van der Waals surface area (Å²) >= 11 is 0. The third kappa shape index (κ3) is 2.18. The highest BCUT2D eigenvalue weighted by atomic mass is 16.3. The first-order chi connectivity index (χ1) is 9.72. The van der Waals surface area contributed by atoms with Crippen LogP contribution in [0.3, 0.4) is 0 Å². The molecular weight excluding hydrogens is 248 g/mol. The Morgan fingerprint density at radius 2 is 1.85 bits per heavy atom. The Hall–Kier alpha value is -1.87. The molecule has 3 heteroatoms. The lowest BCUT2D eigenvalue weighted by atomic mass is 10.1. The quantitative estimate of drug-likeness (QED) is 0.712. The van der Waals surface area contributed by atoms with Gasteiger partial charge in [-0.3, -0.25) is 9.88 Å². The highest BCUT2D eigenvalue weighted by Crippen LogP contribution is 2.29. The minimum atomic E-state index is 0.857. The molecule has 3 nitrogen and oxygen atoms in total. The van der Waals surface area contributed by atoms with Crippen molar-refractivity contribution in [3.63, 3.8) is 0 Å². The van der Waals surface area contributed by atoms with Crippen molar-refractivity contribution in [2.24, 2.45) is 0 Å². The van der Waals surface area contributed by atoms with Crippen molar-refractivity contribution in [1.29, 1.82) is 0 Å². The molecule has 0 saturated carbocycles. The third-order valence-electron chi connectivity index (χ3n) is 3.88. The molecular formula is C17H20N2O. The van der Waals surface area contributed by atoms with Crippen molar-refractivity contribution in [3.05, 3.63) is 41.8 Å². The van der Waals surface area contributed by atoms with Gasteiger partial charge in [0.2, 0.25) is 0 Å². The van der Waals surface area contributed by atoms with E-state index in [4.69, 9.17) is 4.42 Å². The molecule has 0 aliphatic heterocycles. The first kappa shape index (κ1) is 13.1. The summed E-state index contributed by atoms with van der Waals surface area (Å²) in [5.74, 6) is 1.02. The average Bonchev–Trinajstić information content (AvgIpc) is 2.89. The summed E-state index contributed by atoms with van der Waals surface area (Å²) in [6.45, 7) is 9.32. The summed E-state index contributed by atoms with van der Waals surface area (Å²) in [5, 5.41) is 2.23. The van der Waals surface area contributed by atoms with Crippen LogP contribution < -0.4 is 0 Å². The van der Waals surface area contributed by atoms with Crippen molar-refractivity contribution in [2.45, 2.75) is 27.3 Å². The SMILES string of the molecule is CCN(CC)Cc1cc2c(C)nc3ccccc3c2o1. The first-order valence-corrected chi connectivity index (χ1v) is 7.23. The maximum atomic E-state index is 6.11. The van der Waals surface area contributed by atoms with Gasteiger partial charge in [-0.1, -0.05) is 26.0 Å². The molecule has 20 heavy (non-hydrogen) atoms. The van der Waals surface area contributed by atoms with Crippen molar-refractivity contribution in [3.8, 4) is 0 Å². The standard InChI is InChI=1S/C17H20N2O/c1-4-19(5-2)11-13-10-15-12(3)18-16-9-7-6-8-14(16)17(15)20-13/h6-10H,4-5,11H2,1-3H3. The molecule has 3 aromatic rings. The lowest BCUT2D eigenvalue weighted by Gasteiger charge is -2.15. The van der Waals surface area contributed by atoms with Gasteiger partial charge in [0.1, 0.15) is 11.3 Å². The zero-order valence-electron chi connectivity index (χ0n) is 12.3. The van der Waals surface area contributed by atoms with Gasteiger partial charge in [0.05, 0.1) is 12.1 Å². The first-order valence-electron chi connectivity index (χ1n) is 7.23. The summed E-state index contributed by atoms with van der Waals surface area (Å²) in [7, 11) is 0. The van der Waals surface area contributed by atoms with Crippen LogP contribution in [0.4, 0.5) is 0 Å². The van der Waals surface area contributed by atoms with Crippen LogP contribution in [-0.2, 0) is 6.54 Å². The number of fused-ring (bicyclic) bond motifs is 3. The highest BCUT2D eigenvalue weighted by molar-refractivity contribution is 6.03. The molecule has 0 bridgehead atoms. The maximum Gasteiger partial charge on any atom is 0.145 e. The van der Waals surface area contributed by atoms with E-state index in [0.717, 1.165) is 53.0 Å². The zero-order valence-corrected chi connectivity index (χ0v) is 12.3. The summed E-state index contributed by atoms with van der Waals surface area (Å²) < 4.78 is 6.11. The van der Waals surface area contributed by atoms with Crippen molar-refractivity contribution in [2.75, 3.05) is 13.1 Å². The van der Waals surface area contributed by atoms with E-state index in [9.17, 15) is 0 Å². The molecule has 2 aromatic heterocycles. The Labute approximate surface area is 119 Å². The molecule has 0 saturated heterocycles. The molecule has 2 heterocycles. The smallest absolute Gasteiger partial charge is 0.145 e. The predicted molar refractivity (Wildman–Crippen MR) is 82.9 cm³/mol. The molecule has 0 unspecified atom stereocenters. The molecule has 3 rings (SSSR count). The highest BCUT2D eigenvalue weighted by Gasteiger charge is 2.12. The van der Waals surface area contributed by atoms with E-state index in [1.54, 1.807) is 0 Å². The fourth-order valence-corrected chi connectivity index (χ4v) is 2.66. The lowest BCUT2D eigenvalue weighted by molar-refractivity contribution is 0.272. The molecule has 0 spiro atoms. The summed E-state index contributed by atoms with van der Waals surface area (Å²) in [4.78, 5) is 7.01. The van der Waals surface area contributed by atoms with E-state index in [2.05, 4.69) is 35.9 Å². The number of benzene rings is 1. The minimum absolute atomic E-state index is 0.857. The van der Waals surface area contributed by atoms with Gasteiger partial charge < -0.3 is 4.42 Å². The number of aromatic nitrogens is 1. The number of aryl methyl sites for hydroxylation is 1. The van der Waals surface area contributed by atoms with Crippen LogP contribution >= 0.6 is 0 Å². The molecule has 0 fully saturated rings. The third-order valence-corrected chi connectivity index (χ3v) is 3.88. The number of furan rings is 1. The Morgan fingerprint density at radius 3 is 2.60 bits per heavy atom. The molecule has 0 atom stereocenters. The van der Waals surface area contributed by atoms with Gasteiger partial charge >= 0.3 is 0 Å². The van der Waals surface area contributed by atoms with Gasteiger partial charge in [-0.25, -0.2) is 0 Å². The largest absolute Gasteiger partial charge is 0.459 e. The molecule has 0 radical (unpaired) electrons. The van der Waals surface area contributed by atoms with Crippen LogP contribution in [0, 0.1) is 6.92 Å². The number of nitrogens with zero attached hydrogens (tertiary/aromatic N) is 2. The van der Waals surface area contributed by atoms with Crippen LogP contribution in [0.2, 0.25) is 0 Å². The summed E-state index contributed by atoms with van der Waals surface area (Å²) in [6.07, 6.45) is 0. The van der Waals surface area contributed by atoms with E-state index < -0.39 is 0 Å². The zero-order chi connectivity index (χ0) is 14.1. The summed E-state index contributed by atoms with van der Waals surface area (Å²) in [5.41, 5.74) is 3.00. The molecule has 0 aliphatic carbocycles.